The van der Waals surface area contributed by atoms with Crippen molar-refractivity contribution >= 4 is 11.6 Å². The zero-order valence-corrected chi connectivity index (χ0v) is 30.1. The first-order valence-electron chi connectivity index (χ1n) is 17.4. The van der Waals surface area contributed by atoms with Gasteiger partial charge in [-0.3, -0.25) is 0 Å². The molecule has 1 aliphatic heterocycles. The van der Waals surface area contributed by atoms with Crippen LogP contribution in [0, 0.1) is 27.7 Å². The summed E-state index contributed by atoms with van der Waals surface area (Å²) in [6.07, 6.45) is 3.65. The highest BCUT2D eigenvalue weighted by Gasteiger charge is 2.17. The maximum Gasteiger partial charge on any atom is 0.142 e. The molecule has 0 aromatic heterocycles. The number of aliphatic hydroxyl groups is 2. The first kappa shape index (κ1) is 36.7. The maximum atomic E-state index is 9.56. The monoisotopic (exact) mass is 686 g/mol. The Labute approximate surface area is 296 Å². The molecule has 3 N–H and O–H groups in total. The minimum Gasteiger partial charge on any atom is -0.493 e. The molecule has 7 nitrogen and oxygen atoms in total. The number of aryl methyl sites for hydroxylation is 2. The quantitative estimate of drug-likeness (QED) is 0.0982. The van der Waals surface area contributed by atoms with Crippen LogP contribution in [0.25, 0.3) is 11.1 Å². The minimum absolute atomic E-state index is 0.182. The summed E-state index contributed by atoms with van der Waals surface area (Å²) in [6, 6.07) is 22.1. The molecule has 0 unspecified atom stereocenters. The SMILES string of the molecule is Cc1ccc(COc2cc(OCc3cccc(-c4cccc(OCCCN5CCCC5)c4C)c3C)c(Cl)cc2CNC(CO)CO)cc1C. The van der Waals surface area contributed by atoms with Crippen molar-refractivity contribution < 1.29 is 24.4 Å². The highest BCUT2D eigenvalue weighted by molar-refractivity contribution is 6.32. The van der Waals surface area contributed by atoms with Crippen molar-refractivity contribution in [3.05, 3.63) is 111 Å². The number of likely N-dealkylation sites (tertiary alicyclic amines) is 1. The van der Waals surface area contributed by atoms with E-state index in [4.69, 9.17) is 25.8 Å². The lowest BCUT2D eigenvalue weighted by atomic mass is 9.93. The van der Waals surface area contributed by atoms with E-state index in [1.165, 1.54) is 37.1 Å². The van der Waals surface area contributed by atoms with Gasteiger partial charge in [0.15, 0.2) is 0 Å². The van der Waals surface area contributed by atoms with E-state index in [9.17, 15) is 10.2 Å². The van der Waals surface area contributed by atoms with E-state index in [1.807, 2.05) is 12.1 Å². The minimum atomic E-state index is -0.451. The van der Waals surface area contributed by atoms with Gasteiger partial charge in [-0.1, -0.05) is 60.1 Å². The lowest BCUT2D eigenvalue weighted by Crippen LogP contribution is -2.35. The van der Waals surface area contributed by atoms with Crippen LogP contribution in [0.1, 0.15) is 58.2 Å². The highest BCUT2D eigenvalue weighted by Crippen LogP contribution is 2.36. The van der Waals surface area contributed by atoms with Gasteiger partial charge in [0, 0.05) is 24.7 Å². The third-order valence-electron chi connectivity index (χ3n) is 9.58. The number of hydrogen-bond donors (Lipinski definition) is 3. The zero-order valence-electron chi connectivity index (χ0n) is 29.4. The molecule has 8 heteroatoms. The van der Waals surface area contributed by atoms with Gasteiger partial charge in [0.05, 0.1) is 30.9 Å². The molecule has 1 aliphatic rings. The third kappa shape index (κ3) is 9.77. The van der Waals surface area contributed by atoms with Crippen LogP contribution in [0.2, 0.25) is 5.02 Å². The van der Waals surface area contributed by atoms with Gasteiger partial charge in [-0.2, -0.15) is 0 Å². The summed E-state index contributed by atoms with van der Waals surface area (Å²) >= 11 is 6.78. The molecule has 0 atom stereocenters. The Bertz CT molecular complexity index is 1680. The average molecular weight is 687 g/mol. The Balaban J connectivity index is 1.31. The molecule has 1 saturated heterocycles. The Morgan fingerprint density at radius 2 is 1.45 bits per heavy atom. The average Bonchev–Trinajstić information content (AvgIpc) is 3.63. The fourth-order valence-electron chi connectivity index (χ4n) is 6.28. The Morgan fingerprint density at radius 1 is 0.735 bits per heavy atom. The first-order chi connectivity index (χ1) is 23.8. The molecule has 5 rings (SSSR count). The second kappa shape index (κ2) is 17.9. The molecule has 0 aliphatic carbocycles. The standard InChI is InChI=1S/C41H51ClN2O5/c1-28-14-15-32(20-29(28)2)26-48-40-22-41(38(42)21-34(40)23-43-35(24-45)25-46)49-27-33-10-7-11-36(30(33)3)37-12-8-13-39(31(37)4)47-19-9-18-44-16-5-6-17-44/h7-8,10-15,20-22,35,43,45-46H,5-6,9,16-19,23-27H2,1-4H3. The van der Waals surface area contributed by atoms with E-state index in [1.54, 1.807) is 0 Å². The van der Waals surface area contributed by atoms with Crippen LogP contribution in [-0.4, -0.2) is 60.6 Å². The molecule has 0 amide bonds. The summed E-state index contributed by atoms with van der Waals surface area (Å²) in [6.45, 7) is 13.4. The number of hydrogen-bond acceptors (Lipinski definition) is 7. The number of nitrogens with one attached hydrogen (secondary N) is 1. The normalized spacial score (nSPS) is 13.3. The topological polar surface area (TPSA) is 83.4 Å². The first-order valence-corrected chi connectivity index (χ1v) is 17.8. The van der Waals surface area contributed by atoms with Gasteiger partial charge in [-0.05, 0) is 117 Å². The van der Waals surface area contributed by atoms with E-state index < -0.39 is 6.04 Å². The van der Waals surface area contributed by atoms with E-state index >= 15 is 0 Å². The van der Waals surface area contributed by atoms with E-state index in [0.717, 1.165) is 57.7 Å². The van der Waals surface area contributed by atoms with Gasteiger partial charge >= 0.3 is 0 Å². The van der Waals surface area contributed by atoms with Crippen LogP contribution in [0.5, 0.6) is 17.2 Å². The second-order valence-electron chi connectivity index (χ2n) is 13.1. The number of rotatable bonds is 17. The van der Waals surface area contributed by atoms with Gasteiger partial charge in [-0.25, -0.2) is 0 Å². The Morgan fingerprint density at radius 3 is 2.18 bits per heavy atom. The highest BCUT2D eigenvalue weighted by atomic mass is 35.5. The largest absolute Gasteiger partial charge is 0.493 e. The lowest BCUT2D eigenvalue weighted by Gasteiger charge is -2.19. The fraction of sp³-hybridized carbons (Fsp3) is 0.415. The fourth-order valence-corrected chi connectivity index (χ4v) is 6.52. The van der Waals surface area contributed by atoms with Gasteiger partial charge in [0.1, 0.15) is 30.5 Å². The summed E-state index contributed by atoms with van der Waals surface area (Å²) in [5.74, 6) is 2.07. The Kier molecular flexibility index (Phi) is 13.4. The number of halogens is 1. The summed E-state index contributed by atoms with van der Waals surface area (Å²) in [7, 11) is 0. The summed E-state index contributed by atoms with van der Waals surface area (Å²) < 4.78 is 19.0. The molecule has 1 heterocycles. The smallest absolute Gasteiger partial charge is 0.142 e. The van der Waals surface area contributed by atoms with Gasteiger partial charge in [0.25, 0.3) is 0 Å². The van der Waals surface area contributed by atoms with E-state index in [0.29, 0.717) is 42.9 Å². The van der Waals surface area contributed by atoms with Gasteiger partial charge in [0.2, 0.25) is 0 Å². The van der Waals surface area contributed by atoms with Crippen molar-refractivity contribution in [2.75, 3.05) is 39.5 Å². The van der Waals surface area contributed by atoms with Crippen molar-refractivity contribution in [1.82, 2.24) is 10.2 Å². The Hall–Kier alpha value is -3.59. The van der Waals surface area contributed by atoms with Gasteiger partial charge < -0.3 is 34.6 Å². The molecular weight excluding hydrogens is 636 g/mol. The number of benzene rings is 4. The van der Waals surface area contributed by atoms with Crippen molar-refractivity contribution in [2.24, 2.45) is 0 Å². The number of nitrogens with zero attached hydrogens (tertiary/aromatic N) is 1. The van der Waals surface area contributed by atoms with Crippen molar-refractivity contribution in [3.63, 3.8) is 0 Å². The molecule has 0 spiro atoms. The molecule has 49 heavy (non-hydrogen) atoms. The van der Waals surface area contributed by atoms with Crippen LogP contribution in [-0.2, 0) is 19.8 Å². The van der Waals surface area contributed by atoms with Gasteiger partial charge in [-0.15, -0.1) is 0 Å². The van der Waals surface area contributed by atoms with Crippen molar-refractivity contribution in [1.29, 1.82) is 0 Å². The third-order valence-corrected chi connectivity index (χ3v) is 9.88. The van der Waals surface area contributed by atoms with E-state index in [-0.39, 0.29) is 13.2 Å². The molecular formula is C41H51ClN2O5. The lowest BCUT2D eigenvalue weighted by molar-refractivity contribution is 0.170. The molecule has 0 saturated carbocycles. The second-order valence-corrected chi connectivity index (χ2v) is 13.5. The van der Waals surface area contributed by atoms with Crippen LogP contribution < -0.4 is 19.5 Å². The van der Waals surface area contributed by atoms with Crippen molar-refractivity contribution in [2.45, 2.75) is 72.8 Å². The predicted molar refractivity (Wildman–Crippen MR) is 198 cm³/mol. The summed E-state index contributed by atoms with van der Waals surface area (Å²) in [5, 5.41) is 22.8. The number of ether oxygens (including phenoxy) is 3. The van der Waals surface area contributed by atoms with Crippen LogP contribution >= 0.6 is 11.6 Å². The van der Waals surface area contributed by atoms with Crippen molar-refractivity contribution in [3.8, 4) is 28.4 Å². The maximum absolute atomic E-state index is 9.56. The molecule has 262 valence electrons. The van der Waals surface area contributed by atoms with Crippen LogP contribution in [0.3, 0.4) is 0 Å². The molecule has 4 aromatic rings. The molecule has 1 fully saturated rings. The number of aliphatic hydroxyl groups excluding tert-OH is 2. The molecule has 0 radical (unpaired) electrons. The molecule has 4 aromatic carbocycles. The zero-order chi connectivity index (χ0) is 34.8. The van der Waals surface area contributed by atoms with Crippen LogP contribution in [0.4, 0.5) is 0 Å². The summed E-state index contributed by atoms with van der Waals surface area (Å²) in [5.41, 5.74) is 9.92. The summed E-state index contributed by atoms with van der Waals surface area (Å²) in [4.78, 5) is 2.52. The molecule has 0 bridgehead atoms. The van der Waals surface area contributed by atoms with Crippen LogP contribution in [0.15, 0.2) is 66.7 Å². The van der Waals surface area contributed by atoms with E-state index in [2.05, 4.69) is 92.5 Å². The predicted octanol–water partition coefficient (Wildman–Crippen LogP) is 7.71.